The molecule has 8 heteroatoms. The Hall–Kier alpha value is -3.62. The van der Waals surface area contributed by atoms with Crippen LogP contribution >= 0.6 is 0 Å². The van der Waals surface area contributed by atoms with E-state index in [0.29, 0.717) is 24.7 Å². The fourth-order valence-corrected chi connectivity index (χ4v) is 4.00. The summed E-state index contributed by atoms with van der Waals surface area (Å²) >= 11 is 0. The summed E-state index contributed by atoms with van der Waals surface area (Å²) in [5, 5.41) is 36.0. The second-order valence-corrected chi connectivity index (χ2v) is 8.71. The minimum atomic E-state index is -0.906. The quantitative estimate of drug-likeness (QED) is 0.259. The monoisotopic (exact) mass is 461 g/mol. The van der Waals surface area contributed by atoms with Crippen molar-refractivity contribution in [3.63, 3.8) is 0 Å². The maximum Gasteiger partial charge on any atom is 0.204 e. The summed E-state index contributed by atoms with van der Waals surface area (Å²) in [6.45, 7) is 6.79. The van der Waals surface area contributed by atoms with Gasteiger partial charge in [-0.1, -0.05) is 12.1 Å². The molecule has 4 rings (SSSR count). The van der Waals surface area contributed by atoms with Gasteiger partial charge in [-0.25, -0.2) is 4.98 Å². The topological polar surface area (TPSA) is 115 Å². The molecule has 1 atom stereocenters. The summed E-state index contributed by atoms with van der Waals surface area (Å²) in [5.41, 5.74) is 7.57. The van der Waals surface area contributed by atoms with E-state index >= 15 is 0 Å². The van der Waals surface area contributed by atoms with E-state index in [2.05, 4.69) is 58.7 Å². The normalized spacial score (nSPS) is 12.1. The molecule has 0 saturated heterocycles. The van der Waals surface area contributed by atoms with Crippen LogP contribution in [0.3, 0.4) is 0 Å². The summed E-state index contributed by atoms with van der Waals surface area (Å²) in [7, 11) is 0. The Balaban J connectivity index is 1.67. The third kappa shape index (κ3) is 5.47. The van der Waals surface area contributed by atoms with Gasteiger partial charge in [-0.05, 0) is 73.9 Å². The van der Waals surface area contributed by atoms with Gasteiger partial charge in [-0.2, -0.15) is 0 Å². The van der Waals surface area contributed by atoms with Gasteiger partial charge in [0.15, 0.2) is 0 Å². The van der Waals surface area contributed by atoms with Crippen molar-refractivity contribution < 1.29 is 15.3 Å². The molecule has 8 nitrogen and oxygen atoms in total. The fourth-order valence-electron chi connectivity index (χ4n) is 4.00. The average Bonchev–Trinajstić information content (AvgIpc) is 3.14. The van der Waals surface area contributed by atoms with E-state index in [-0.39, 0.29) is 18.9 Å². The lowest BCUT2D eigenvalue weighted by Gasteiger charge is -2.14. The Labute approximate surface area is 198 Å². The van der Waals surface area contributed by atoms with Crippen molar-refractivity contribution >= 4 is 22.7 Å². The molecule has 4 aromatic rings. The van der Waals surface area contributed by atoms with E-state index in [1.807, 2.05) is 23.6 Å². The molecule has 5 N–H and O–H groups in total. The van der Waals surface area contributed by atoms with Crippen LogP contribution in [0.2, 0.25) is 0 Å². The van der Waals surface area contributed by atoms with Crippen LogP contribution in [0.25, 0.3) is 11.0 Å². The maximum atomic E-state index is 10.4. The summed E-state index contributed by atoms with van der Waals surface area (Å²) in [5.74, 6) is 0.644. The molecule has 34 heavy (non-hydrogen) atoms. The zero-order chi connectivity index (χ0) is 24.2. The van der Waals surface area contributed by atoms with Crippen LogP contribution in [0.4, 0.5) is 11.6 Å². The van der Waals surface area contributed by atoms with E-state index in [1.54, 1.807) is 12.1 Å². The fraction of sp³-hybridized carbons (Fsp3) is 0.308. The van der Waals surface area contributed by atoms with Gasteiger partial charge < -0.3 is 30.5 Å². The SMILES string of the molecule is Cc1cc(C)cc(NCc2ccc3nc(NC[C@H](O)CO)n(Cc4nc(C)ccc4O)c3c2)c1. The molecule has 0 radical (unpaired) electrons. The Bertz CT molecular complexity index is 1280. The van der Waals surface area contributed by atoms with Crippen molar-refractivity contribution in [3.05, 3.63) is 76.6 Å². The van der Waals surface area contributed by atoms with Gasteiger partial charge in [0.1, 0.15) is 11.4 Å². The molecule has 0 aliphatic rings. The second-order valence-electron chi connectivity index (χ2n) is 8.71. The average molecular weight is 462 g/mol. The molecule has 0 unspecified atom stereocenters. The van der Waals surface area contributed by atoms with E-state index in [0.717, 1.165) is 28.0 Å². The molecule has 2 aromatic carbocycles. The minimum absolute atomic E-state index is 0.112. The van der Waals surface area contributed by atoms with Crippen molar-refractivity contribution in [2.75, 3.05) is 23.8 Å². The molecule has 178 valence electrons. The van der Waals surface area contributed by atoms with Crippen LogP contribution in [-0.4, -0.2) is 49.1 Å². The number of aliphatic hydroxyl groups is 2. The van der Waals surface area contributed by atoms with Crippen molar-refractivity contribution in [1.29, 1.82) is 0 Å². The largest absolute Gasteiger partial charge is 0.506 e. The number of nitrogens with zero attached hydrogens (tertiary/aromatic N) is 3. The number of nitrogens with one attached hydrogen (secondary N) is 2. The predicted molar refractivity (Wildman–Crippen MR) is 134 cm³/mol. The first-order valence-corrected chi connectivity index (χ1v) is 11.3. The predicted octanol–water partition coefficient (Wildman–Crippen LogP) is 3.49. The molecule has 0 aliphatic heterocycles. The minimum Gasteiger partial charge on any atom is -0.506 e. The lowest BCUT2D eigenvalue weighted by molar-refractivity contribution is 0.105. The molecular formula is C26H31N5O3. The molecule has 0 bridgehead atoms. The summed E-state index contributed by atoms with van der Waals surface area (Å²) in [4.78, 5) is 9.17. The Kier molecular flexibility index (Phi) is 7.00. The standard InChI is InChI=1S/C26H31N5O3/c1-16-8-17(2)10-20(9-16)27-12-19-5-6-22-24(11-19)31(26(30-22)28-13-21(33)15-32)14-23-25(34)7-4-18(3)29-23/h4-11,21,27,32-34H,12-15H2,1-3H3,(H,28,30)/t21-/m0/s1. The summed E-state index contributed by atoms with van der Waals surface area (Å²) < 4.78 is 1.93. The van der Waals surface area contributed by atoms with Crippen LogP contribution in [0.1, 0.15) is 28.1 Å². The van der Waals surface area contributed by atoms with Gasteiger partial charge in [-0.15, -0.1) is 0 Å². The number of pyridine rings is 1. The molecular weight excluding hydrogens is 430 g/mol. The van der Waals surface area contributed by atoms with Crippen LogP contribution in [0.5, 0.6) is 5.75 Å². The van der Waals surface area contributed by atoms with Gasteiger partial charge in [-0.3, -0.25) is 4.98 Å². The van der Waals surface area contributed by atoms with Gasteiger partial charge in [0, 0.05) is 24.5 Å². The first-order chi connectivity index (χ1) is 16.3. The van der Waals surface area contributed by atoms with Crippen LogP contribution in [0, 0.1) is 20.8 Å². The Morgan fingerprint density at radius 2 is 1.71 bits per heavy atom. The first kappa shape index (κ1) is 23.5. The van der Waals surface area contributed by atoms with Gasteiger partial charge in [0.25, 0.3) is 0 Å². The van der Waals surface area contributed by atoms with E-state index in [9.17, 15) is 15.3 Å². The molecule has 0 aliphatic carbocycles. The number of aromatic nitrogens is 3. The number of fused-ring (bicyclic) bond motifs is 1. The first-order valence-electron chi connectivity index (χ1n) is 11.3. The number of rotatable bonds is 9. The van der Waals surface area contributed by atoms with Gasteiger partial charge in [0.2, 0.25) is 5.95 Å². The van der Waals surface area contributed by atoms with E-state index < -0.39 is 6.10 Å². The molecule has 0 spiro atoms. The van der Waals surface area contributed by atoms with Crippen LogP contribution in [0.15, 0.2) is 48.5 Å². The Morgan fingerprint density at radius 3 is 2.44 bits per heavy atom. The van der Waals surface area contributed by atoms with Crippen molar-refractivity contribution in [1.82, 2.24) is 14.5 Å². The second kappa shape index (κ2) is 10.1. The molecule has 0 amide bonds. The number of imidazole rings is 1. The molecule has 0 saturated carbocycles. The lowest BCUT2D eigenvalue weighted by Crippen LogP contribution is -2.24. The molecule has 2 aromatic heterocycles. The molecule has 2 heterocycles. The third-order valence-electron chi connectivity index (χ3n) is 5.63. The number of aryl methyl sites for hydroxylation is 3. The van der Waals surface area contributed by atoms with Crippen molar-refractivity contribution in [2.24, 2.45) is 0 Å². The van der Waals surface area contributed by atoms with Crippen LogP contribution in [-0.2, 0) is 13.1 Å². The highest BCUT2D eigenvalue weighted by molar-refractivity contribution is 5.80. The number of hydrogen-bond acceptors (Lipinski definition) is 7. The zero-order valence-electron chi connectivity index (χ0n) is 19.7. The number of aromatic hydroxyl groups is 1. The number of aliphatic hydroxyl groups excluding tert-OH is 2. The zero-order valence-corrected chi connectivity index (χ0v) is 19.7. The van der Waals surface area contributed by atoms with E-state index in [4.69, 9.17) is 0 Å². The number of hydrogen-bond donors (Lipinski definition) is 5. The lowest BCUT2D eigenvalue weighted by atomic mass is 10.1. The van der Waals surface area contributed by atoms with Crippen LogP contribution < -0.4 is 10.6 Å². The van der Waals surface area contributed by atoms with Crippen molar-refractivity contribution in [2.45, 2.75) is 40.0 Å². The highest BCUT2D eigenvalue weighted by Gasteiger charge is 2.15. The van der Waals surface area contributed by atoms with Gasteiger partial charge in [0.05, 0.1) is 30.3 Å². The number of anilines is 2. The van der Waals surface area contributed by atoms with Gasteiger partial charge >= 0.3 is 0 Å². The summed E-state index contributed by atoms with van der Waals surface area (Å²) in [6, 6.07) is 15.8. The highest BCUT2D eigenvalue weighted by Crippen LogP contribution is 2.26. The maximum absolute atomic E-state index is 10.4. The summed E-state index contributed by atoms with van der Waals surface area (Å²) in [6.07, 6.45) is -0.906. The van der Waals surface area contributed by atoms with E-state index in [1.165, 1.54) is 11.1 Å². The highest BCUT2D eigenvalue weighted by atomic mass is 16.3. The van der Waals surface area contributed by atoms with Crippen molar-refractivity contribution in [3.8, 4) is 5.75 Å². The Morgan fingerprint density at radius 1 is 0.941 bits per heavy atom. The third-order valence-corrected chi connectivity index (χ3v) is 5.63. The molecule has 0 fully saturated rings. The smallest absolute Gasteiger partial charge is 0.204 e. The number of benzene rings is 2.